The van der Waals surface area contributed by atoms with Crippen molar-refractivity contribution in [3.05, 3.63) is 96.3 Å². The second kappa shape index (κ2) is 9.69. The van der Waals surface area contributed by atoms with Crippen LogP contribution in [0, 0.1) is 0 Å². The van der Waals surface area contributed by atoms with Gasteiger partial charge in [-0.1, -0.05) is 24.3 Å². The van der Waals surface area contributed by atoms with Crippen molar-refractivity contribution in [1.29, 1.82) is 0 Å². The van der Waals surface area contributed by atoms with Crippen molar-refractivity contribution < 1.29 is 18.0 Å². The van der Waals surface area contributed by atoms with E-state index in [-0.39, 0.29) is 11.9 Å². The summed E-state index contributed by atoms with van der Waals surface area (Å²) in [4.78, 5) is 21.0. The summed E-state index contributed by atoms with van der Waals surface area (Å²) in [6.07, 6.45) is -0.962. The van der Waals surface area contributed by atoms with Crippen molar-refractivity contribution in [2.75, 3.05) is 10.6 Å². The average Bonchev–Trinajstić information content (AvgIpc) is 3.69. The van der Waals surface area contributed by atoms with Crippen molar-refractivity contribution in [3.63, 3.8) is 0 Å². The highest BCUT2D eigenvalue weighted by atomic mass is 19.4. The maximum absolute atomic E-state index is 12.8. The predicted octanol–water partition coefficient (Wildman–Crippen LogP) is 6.54. The van der Waals surface area contributed by atoms with Crippen LogP contribution >= 0.6 is 0 Å². The summed E-state index contributed by atoms with van der Waals surface area (Å²) in [5, 5.41) is 9.37. The number of halogens is 3. The number of aromatic nitrogens is 2. The van der Waals surface area contributed by atoms with E-state index in [2.05, 4.69) is 25.9 Å². The number of carbonyl (C=O) groups excluding carboxylic acids is 1. The molecule has 1 aliphatic rings. The number of hydrogen-bond acceptors (Lipinski definition) is 5. The smallest absolute Gasteiger partial charge is 0.355 e. The van der Waals surface area contributed by atoms with Crippen molar-refractivity contribution in [2.24, 2.45) is 0 Å². The van der Waals surface area contributed by atoms with Crippen LogP contribution in [-0.2, 0) is 6.18 Å². The molecule has 1 aliphatic carbocycles. The molecule has 0 unspecified atom stereocenters. The van der Waals surface area contributed by atoms with Crippen LogP contribution in [0.3, 0.4) is 0 Å². The Labute approximate surface area is 205 Å². The number of rotatable bonds is 7. The maximum atomic E-state index is 12.8. The molecule has 0 radical (unpaired) electrons. The molecule has 1 aromatic heterocycles. The highest BCUT2D eigenvalue weighted by Gasteiger charge is 2.30. The van der Waals surface area contributed by atoms with Gasteiger partial charge in [0.2, 0.25) is 0 Å². The number of alkyl halides is 3. The van der Waals surface area contributed by atoms with Gasteiger partial charge in [0, 0.05) is 40.3 Å². The molecule has 0 spiro atoms. The van der Waals surface area contributed by atoms with E-state index in [9.17, 15) is 18.0 Å². The first-order valence-electron chi connectivity index (χ1n) is 11.4. The largest absolute Gasteiger partial charge is 0.416 e. The van der Waals surface area contributed by atoms with Crippen molar-refractivity contribution >= 4 is 28.8 Å². The van der Waals surface area contributed by atoms with Crippen LogP contribution in [0.5, 0.6) is 0 Å². The monoisotopic (exact) mass is 489 g/mol. The van der Waals surface area contributed by atoms with E-state index in [1.807, 2.05) is 36.4 Å². The van der Waals surface area contributed by atoms with Crippen LogP contribution in [0.25, 0.3) is 11.3 Å². The van der Waals surface area contributed by atoms with Crippen LogP contribution in [0.2, 0.25) is 0 Å². The Kier molecular flexibility index (Phi) is 6.28. The highest BCUT2D eigenvalue weighted by Crippen LogP contribution is 2.32. The lowest BCUT2D eigenvalue weighted by Crippen LogP contribution is -2.25. The lowest BCUT2D eigenvalue weighted by atomic mass is 10.1. The van der Waals surface area contributed by atoms with Gasteiger partial charge in [-0.05, 0) is 61.4 Å². The molecule has 0 saturated heterocycles. The van der Waals surface area contributed by atoms with Gasteiger partial charge in [-0.25, -0.2) is 9.97 Å². The summed E-state index contributed by atoms with van der Waals surface area (Å²) in [5.74, 6) is 0.345. The molecular weight excluding hydrogens is 467 g/mol. The Morgan fingerprint density at radius 2 is 1.61 bits per heavy atom. The third kappa shape index (κ3) is 5.63. The van der Waals surface area contributed by atoms with Gasteiger partial charge in [0.25, 0.3) is 5.91 Å². The molecule has 0 aliphatic heterocycles. The molecule has 1 saturated carbocycles. The quantitative estimate of drug-likeness (QED) is 0.275. The van der Waals surface area contributed by atoms with E-state index in [0.717, 1.165) is 41.9 Å². The molecule has 6 nitrogen and oxygen atoms in total. The Bertz CT molecular complexity index is 1380. The number of nitrogens with one attached hydrogen (secondary N) is 3. The van der Waals surface area contributed by atoms with Gasteiger partial charge < -0.3 is 16.0 Å². The van der Waals surface area contributed by atoms with Crippen LogP contribution in [0.15, 0.2) is 85.2 Å². The molecule has 182 valence electrons. The number of anilines is 4. The summed E-state index contributed by atoms with van der Waals surface area (Å²) < 4.78 is 38.5. The van der Waals surface area contributed by atoms with Gasteiger partial charge in [-0.15, -0.1) is 0 Å². The van der Waals surface area contributed by atoms with E-state index in [1.54, 1.807) is 18.2 Å². The van der Waals surface area contributed by atoms with Crippen LogP contribution in [-0.4, -0.2) is 21.9 Å². The standard InChI is InChI=1S/C27H22F3N5O/c28-27(29,30)18-8-10-19(11-9-18)34-25-15-24(31-16-32-25)22-6-1-2-7-23(22)33-21-5-3-4-17(14-21)26(36)35-20-12-13-20/h1-11,14-16,20,33H,12-13H2,(H,35,36)(H,31,32,34). The number of para-hydroxylation sites is 1. The molecule has 3 aromatic carbocycles. The zero-order chi connectivity index (χ0) is 25.1. The molecule has 36 heavy (non-hydrogen) atoms. The van der Waals surface area contributed by atoms with Gasteiger partial charge in [0.1, 0.15) is 12.1 Å². The summed E-state index contributed by atoms with van der Waals surface area (Å²) in [6, 6.07) is 21.6. The molecule has 3 N–H and O–H groups in total. The van der Waals surface area contributed by atoms with E-state index < -0.39 is 11.7 Å². The van der Waals surface area contributed by atoms with Crippen molar-refractivity contribution in [1.82, 2.24) is 15.3 Å². The minimum absolute atomic E-state index is 0.0933. The zero-order valence-electron chi connectivity index (χ0n) is 19.0. The van der Waals surface area contributed by atoms with Gasteiger partial charge in [0.15, 0.2) is 0 Å². The van der Waals surface area contributed by atoms with Crippen molar-refractivity contribution in [2.45, 2.75) is 25.1 Å². The predicted molar refractivity (Wildman–Crippen MR) is 132 cm³/mol. The number of benzene rings is 3. The number of nitrogens with zero attached hydrogens (tertiary/aromatic N) is 2. The molecular formula is C27H22F3N5O. The SMILES string of the molecule is O=C(NC1CC1)c1cccc(Nc2ccccc2-c2cc(Nc3ccc(C(F)(F)F)cc3)ncn2)c1. The number of amides is 1. The number of carbonyl (C=O) groups is 1. The van der Waals surface area contributed by atoms with E-state index in [4.69, 9.17) is 0 Å². The highest BCUT2D eigenvalue weighted by molar-refractivity contribution is 5.95. The van der Waals surface area contributed by atoms with Gasteiger partial charge in [-0.3, -0.25) is 4.79 Å². The second-order valence-corrected chi connectivity index (χ2v) is 8.49. The Morgan fingerprint density at radius 1 is 0.833 bits per heavy atom. The molecule has 0 bridgehead atoms. The average molecular weight is 490 g/mol. The molecule has 1 fully saturated rings. The molecule has 5 rings (SSSR count). The Balaban J connectivity index is 1.35. The fourth-order valence-electron chi connectivity index (χ4n) is 3.67. The Hall–Kier alpha value is -4.40. The fraction of sp³-hybridized carbons (Fsp3) is 0.148. The maximum Gasteiger partial charge on any atom is 0.416 e. The van der Waals surface area contributed by atoms with Gasteiger partial charge in [0.05, 0.1) is 11.3 Å². The summed E-state index contributed by atoms with van der Waals surface area (Å²) in [6.45, 7) is 0. The molecule has 1 amide bonds. The minimum Gasteiger partial charge on any atom is -0.355 e. The molecule has 4 aromatic rings. The normalized spacial score (nSPS) is 13.2. The second-order valence-electron chi connectivity index (χ2n) is 8.49. The molecule has 0 atom stereocenters. The third-order valence-corrected chi connectivity index (χ3v) is 5.67. The molecule has 9 heteroatoms. The minimum atomic E-state index is -4.39. The summed E-state index contributed by atoms with van der Waals surface area (Å²) >= 11 is 0. The molecule has 1 heterocycles. The first kappa shape index (κ1) is 23.3. The lowest BCUT2D eigenvalue weighted by Gasteiger charge is -2.14. The van der Waals surface area contributed by atoms with E-state index in [1.165, 1.54) is 18.5 Å². The third-order valence-electron chi connectivity index (χ3n) is 5.67. The summed E-state index contributed by atoms with van der Waals surface area (Å²) in [7, 11) is 0. The van der Waals surface area contributed by atoms with Gasteiger partial charge in [-0.2, -0.15) is 13.2 Å². The zero-order valence-corrected chi connectivity index (χ0v) is 19.0. The van der Waals surface area contributed by atoms with E-state index >= 15 is 0 Å². The van der Waals surface area contributed by atoms with Gasteiger partial charge >= 0.3 is 6.18 Å². The number of hydrogen-bond donors (Lipinski definition) is 3. The summed E-state index contributed by atoms with van der Waals surface area (Å²) in [5.41, 5.74) is 3.27. The van der Waals surface area contributed by atoms with Crippen molar-refractivity contribution in [3.8, 4) is 11.3 Å². The van der Waals surface area contributed by atoms with Crippen LogP contribution in [0.4, 0.5) is 36.1 Å². The topological polar surface area (TPSA) is 78.9 Å². The Morgan fingerprint density at radius 3 is 2.36 bits per heavy atom. The lowest BCUT2D eigenvalue weighted by molar-refractivity contribution is -0.137. The van der Waals surface area contributed by atoms with Crippen LogP contribution < -0.4 is 16.0 Å². The van der Waals surface area contributed by atoms with E-state index in [0.29, 0.717) is 22.8 Å². The first-order valence-corrected chi connectivity index (χ1v) is 11.4. The fourth-order valence-corrected chi connectivity index (χ4v) is 3.67. The first-order chi connectivity index (χ1) is 17.3. The van der Waals surface area contributed by atoms with Crippen LogP contribution in [0.1, 0.15) is 28.8 Å².